The first-order valence-electron chi connectivity index (χ1n) is 4.01. The first-order valence-corrected chi connectivity index (χ1v) is 4.01. The third-order valence-corrected chi connectivity index (χ3v) is 1.80. The number of ketones is 1. The number of carbonyl (C=O) groups excluding carboxylic acids is 1. The number of hydrogen-bond acceptors (Lipinski definition) is 2. The summed E-state index contributed by atoms with van der Waals surface area (Å²) >= 11 is 0. The van der Waals surface area contributed by atoms with E-state index >= 15 is 0 Å². The fourth-order valence-corrected chi connectivity index (χ4v) is 1.07. The van der Waals surface area contributed by atoms with Gasteiger partial charge < -0.3 is 4.42 Å². The molecule has 0 amide bonds. The van der Waals surface area contributed by atoms with Crippen LogP contribution in [0.25, 0.3) is 0 Å². The van der Waals surface area contributed by atoms with Crippen molar-refractivity contribution in [2.24, 2.45) is 0 Å². The zero-order valence-corrected chi connectivity index (χ0v) is 7.33. The van der Waals surface area contributed by atoms with Crippen LogP contribution in [0.5, 0.6) is 0 Å². The van der Waals surface area contributed by atoms with Crippen molar-refractivity contribution in [3.8, 4) is 0 Å². The maximum atomic E-state index is 11.5. The summed E-state index contributed by atoms with van der Waals surface area (Å²) in [5, 5.41) is 0. The summed E-state index contributed by atoms with van der Waals surface area (Å²) in [5.74, 6) is 0.0637. The highest BCUT2D eigenvalue weighted by Gasteiger charge is 2.09. The Kier molecular flexibility index (Phi) is 2.86. The summed E-state index contributed by atoms with van der Waals surface area (Å²) in [6, 6.07) is 1.68. The molecule has 2 nitrogen and oxygen atoms in total. The van der Waals surface area contributed by atoms with Gasteiger partial charge in [-0.25, -0.2) is 0 Å². The van der Waals surface area contributed by atoms with Crippen LogP contribution in [0.15, 0.2) is 34.7 Å². The van der Waals surface area contributed by atoms with Crippen LogP contribution in [-0.2, 0) is 0 Å². The molecule has 0 saturated heterocycles. The van der Waals surface area contributed by atoms with E-state index in [-0.39, 0.29) is 5.78 Å². The van der Waals surface area contributed by atoms with Crippen LogP contribution in [-0.4, -0.2) is 5.78 Å². The minimum atomic E-state index is 0.0637. The van der Waals surface area contributed by atoms with E-state index < -0.39 is 0 Å². The molecule has 0 bridgehead atoms. The van der Waals surface area contributed by atoms with Crippen molar-refractivity contribution in [2.75, 3.05) is 0 Å². The Hall–Kier alpha value is -1.31. The van der Waals surface area contributed by atoms with E-state index in [1.807, 2.05) is 19.9 Å². The van der Waals surface area contributed by atoms with Crippen LogP contribution in [0.4, 0.5) is 0 Å². The van der Waals surface area contributed by atoms with Gasteiger partial charge in [0.25, 0.3) is 0 Å². The second kappa shape index (κ2) is 3.90. The molecule has 0 aliphatic rings. The molecule has 0 N–H and O–H groups in total. The summed E-state index contributed by atoms with van der Waals surface area (Å²) < 4.78 is 4.83. The second-order valence-corrected chi connectivity index (χ2v) is 2.51. The van der Waals surface area contributed by atoms with Crippen molar-refractivity contribution in [2.45, 2.75) is 20.3 Å². The number of Topliss-reactive ketones (excluding diaryl/α,β-unsaturated/α-hetero) is 1. The number of furan rings is 1. The topological polar surface area (TPSA) is 30.2 Å². The summed E-state index contributed by atoms with van der Waals surface area (Å²) in [6.45, 7) is 3.84. The van der Waals surface area contributed by atoms with Gasteiger partial charge in [-0.1, -0.05) is 13.0 Å². The summed E-state index contributed by atoms with van der Waals surface area (Å²) in [7, 11) is 0. The minimum absolute atomic E-state index is 0.0637. The molecule has 0 radical (unpaired) electrons. The van der Waals surface area contributed by atoms with Crippen LogP contribution < -0.4 is 0 Å². The highest BCUT2D eigenvalue weighted by Crippen LogP contribution is 2.11. The van der Waals surface area contributed by atoms with E-state index in [9.17, 15) is 4.79 Å². The van der Waals surface area contributed by atoms with Gasteiger partial charge >= 0.3 is 0 Å². The van der Waals surface area contributed by atoms with Gasteiger partial charge in [-0.05, 0) is 25.0 Å². The first kappa shape index (κ1) is 8.78. The van der Waals surface area contributed by atoms with Crippen molar-refractivity contribution >= 4 is 5.78 Å². The average molecular weight is 164 g/mol. The fourth-order valence-electron chi connectivity index (χ4n) is 1.07. The molecular formula is C10H12O2. The molecule has 0 saturated carbocycles. The molecule has 0 aromatic carbocycles. The monoisotopic (exact) mass is 164 g/mol. The zero-order chi connectivity index (χ0) is 8.97. The first-order chi connectivity index (χ1) is 5.79. The van der Waals surface area contributed by atoms with Crippen LogP contribution in [0.2, 0.25) is 0 Å². The lowest BCUT2D eigenvalue weighted by atomic mass is 10.0. The normalized spacial score (nSPS) is 11.7. The Morgan fingerprint density at radius 1 is 1.67 bits per heavy atom. The summed E-state index contributed by atoms with van der Waals surface area (Å²) in [4.78, 5) is 11.5. The molecule has 1 rings (SSSR count). The predicted molar refractivity (Wildman–Crippen MR) is 47.1 cm³/mol. The van der Waals surface area contributed by atoms with E-state index in [0.29, 0.717) is 5.56 Å². The van der Waals surface area contributed by atoms with Crippen molar-refractivity contribution < 1.29 is 9.21 Å². The molecule has 0 unspecified atom stereocenters. The number of allylic oxidation sites excluding steroid dienone is 2. The van der Waals surface area contributed by atoms with Gasteiger partial charge in [-0.15, -0.1) is 0 Å². The Morgan fingerprint density at radius 2 is 2.42 bits per heavy atom. The van der Waals surface area contributed by atoms with E-state index in [2.05, 4.69) is 0 Å². The van der Waals surface area contributed by atoms with Gasteiger partial charge in [0.1, 0.15) is 6.26 Å². The number of hydrogen-bond donors (Lipinski definition) is 0. The molecule has 0 aliphatic heterocycles. The Bertz CT molecular complexity index is 281. The quantitative estimate of drug-likeness (QED) is 0.508. The molecule has 1 aromatic rings. The highest BCUT2D eigenvalue weighted by molar-refractivity contribution is 6.08. The maximum absolute atomic E-state index is 11.5. The van der Waals surface area contributed by atoms with Gasteiger partial charge in [-0.2, -0.15) is 0 Å². The molecule has 0 fully saturated rings. The smallest absolute Gasteiger partial charge is 0.191 e. The fraction of sp³-hybridized carbons (Fsp3) is 0.300. The van der Waals surface area contributed by atoms with E-state index in [1.54, 1.807) is 6.07 Å². The third kappa shape index (κ3) is 1.64. The number of carbonyl (C=O) groups is 1. The third-order valence-electron chi connectivity index (χ3n) is 1.80. The molecule has 2 heteroatoms. The van der Waals surface area contributed by atoms with Gasteiger partial charge in [0.15, 0.2) is 5.78 Å². The largest absolute Gasteiger partial charge is 0.472 e. The molecular weight excluding hydrogens is 152 g/mol. The van der Waals surface area contributed by atoms with Crippen LogP contribution in [0, 0.1) is 0 Å². The Morgan fingerprint density at radius 3 is 2.83 bits per heavy atom. The molecule has 1 heterocycles. The van der Waals surface area contributed by atoms with Gasteiger partial charge in [0.05, 0.1) is 11.8 Å². The Labute approximate surface area is 71.9 Å². The molecule has 0 atom stereocenters. The van der Waals surface area contributed by atoms with Crippen molar-refractivity contribution in [3.05, 3.63) is 35.8 Å². The molecule has 64 valence electrons. The maximum Gasteiger partial charge on any atom is 0.191 e. The van der Waals surface area contributed by atoms with E-state index in [4.69, 9.17) is 4.42 Å². The van der Waals surface area contributed by atoms with Gasteiger partial charge in [-0.3, -0.25) is 4.79 Å². The molecule has 12 heavy (non-hydrogen) atoms. The Balaban J connectivity index is 2.85. The standard InChI is InChI=1S/C10H12O2/c1-3-8(4-2)10(11)9-5-6-12-7-9/h3,5-7H,4H2,1-2H3/b8-3-. The van der Waals surface area contributed by atoms with Crippen LogP contribution in [0.1, 0.15) is 30.6 Å². The summed E-state index contributed by atoms with van der Waals surface area (Å²) in [5.41, 5.74) is 1.46. The zero-order valence-electron chi connectivity index (χ0n) is 7.33. The van der Waals surface area contributed by atoms with E-state index in [0.717, 1.165) is 12.0 Å². The SMILES string of the molecule is C/C=C(/CC)C(=O)c1ccoc1. The lowest BCUT2D eigenvalue weighted by molar-refractivity contribution is 0.103. The van der Waals surface area contributed by atoms with Crippen LogP contribution >= 0.6 is 0 Å². The van der Waals surface area contributed by atoms with Crippen LogP contribution in [0.3, 0.4) is 0 Å². The second-order valence-electron chi connectivity index (χ2n) is 2.51. The predicted octanol–water partition coefficient (Wildman–Crippen LogP) is 2.82. The molecule has 0 aliphatic carbocycles. The highest BCUT2D eigenvalue weighted by atomic mass is 16.3. The minimum Gasteiger partial charge on any atom is -0.472 e. The molecule has 0 spiro atoms. The summed E-state index contributed by atoms with van der Waals surface area (Å²) in [6.07, 6.45) is 5.59. The lowest BCUT2D eigenvalue weighted by Crippen LogP contribution is -2.00. The van der Waals surface area contributed by atoms with Gasteiger partial charge in [0.2, 0.25) is 0 Å². The van der Waals surface area contributed by atoms with Crippen molar-refractivity contribution in [3.63, 3.8) is 0 Å². The average Bonchev–Trinajstić information content (AvgIpc) is 2.58. The lowest BCUT2D eigenvalue weighted by Gasteiger charge is -1.98. The van der Waals surface area contributed by atoms with E-state index in [1.165, 1.54) is 12.5 Å². The van der Waals surface area contributed by atoms with Crippen molar-refractivity contribution in [1.29, 1.82) is 0 Å². The van der Waals surface area contributed by atoms with Gasteiger partial charge in [0, 0.05) is 0 Å². The molecule has 1 aromatic heterocycles. The number of rotatable bonds is 3. The van der Waals surface area contributed by atoms with Crippen molar-refractivity contribution in [1.82, 2.24) is 0 Å².